The van der Waals surface area contributed by atoms with Crippen LogP contribution >= 0.6 is 0 Å². The van der Waals surface area contributed by atoms with Crippen LogP contribution in [0, 0.1) is 5.82 Å². The van der Waals surface area contributed by atoms with E-state index < -0.39 is 0 Å². The third-order valence-corrected chi connectivity index (χ3v) is 7.00. The van der Waals surface area contributed by atoms with Crippen molar-refractivity contribution in [2.75, 3.05) is 44.2 Å². The monoisotopic (exact) mass is 379 g/mol. The maximum Gasteiger partial charge on any atom is 0.146 e. The Balaban J connectivity index is 1.18. The van der Waals surface area contributed by atoms with Gasteiger partial charge in [-0.1, -0.05) is 36.4 Å². The standard InChI is InChI=1S/C24H30FN3/c25-23-9-3-4-10-24(23)27-14-12-26(13-15-27)21-8-5-11-28(18-21)22-16-19-6-1-2-7-20(19)17-22/h1-4,6-7,9-10,21-22H,5,8,11-18H2. The second kappa shape index (κ2) is 7.84. The minimum Gasteiger partial charge on any atom is -0.367 e. The van der Waals surface area contributed by atoms with Crippen molar-refractivity contribution in [1.29, 1.82) is 0 Å². The number of piperazine rings is 1. The van der Waals surface area contributed by atoms with Crippen LogP contribution in [0.15, 0.2) is 48.5 Å². The van der Waals surface area contributed by atoms with Gasteiger partial charge < -0.3 is 4.90 Å². The smallest absolute Gasteiger partial charge is 0.146 e. The summed E-state index contributed by atoms with van der Waals surface area (Å²) in [5.41, 5.74) is 3.86. The van der Waals surface area contributed by atoms with Gasteiger partial charge in [-0.2, -0.15) is 0 Å². The van der Waals surface area contributed by atoms with Crippen molar-refractivity contribution in [3.63, 3.8) is 0 Å². The van der Waals surface area contributed by atoms with Crippen LogP contribution in [0.4, 0.5) is 10.1 Å². The first-order valence-electron chi connectivity index (χ1n) is 10.8. The Bertz CT molecular complexity index is 790. The molecule has 2 heterocycles. The summed E-state index contributed by atoms with van der Waals surface area (Å²) in [4.78, 5) is 7.61. The molecule has 4 heteroatoms. The Hall–Kier alpha value is -1.91. The Labute approximate surface area is 167 Å². The number of benzene rings is 2. The third-order valence-electron chi connectivity index (χ3n) is 7.00. The van der Waals surface area contributed by atoms with Crippen LogP contribution in [0.25, 0.3) is 0 Å². The van der Waals surface area contributed by atoms with Crippen LogP contribution < -0.4 is 4.90 Å². The molecular formula is C24H30FN3. The van der Waals surface area contributed by atoms with E-state index in [9.17, 15) is 4.39 Å². The van der Waals surface area contributed by atoms with Gasteiger partial charge in [0.05, 0.1) is 5.69 Å². The molecular weight excluding hydrogens is 349 g/mol. The molecule has 2 aromatic rings. The fourth-order valence-electron chi connectivity index (χ4n) is 5.44. The van der Waals surface area contributed by atoms with Crippen molar-refractivity contribution in [3.05, 3.63) is 65.5 Å². The van der Waals surface area contributed by atoms with Crippen molar-refractivity contribution in [3.8, 4) is 0 Å². The highest BCUT2D eigenvalue weighted by Crippen LogP contribution is 2.29. The largest absolute Gasteiger partial charge is 0.367 e. The quantitative estimate of drug-likeness (QED) is 0.807. The first-order chi connectivity index (χ1) is 13.8. The van der Waals surface area contributed by atoms with Crippen molar-refractivity contribution < 1.29 is 4.39 Å². The first kappa shape index (κ1) is 18.1. The van der Waals surface area contributed by atoms with E-state index >= 15 is 0 Å². The lowest BCUT2D eigenvalue weighted by molar-refractivity contribution is 0.0695. The highest BCUT2D eigenvalue weighted by molar-refractivity contribution is 5.48. The highest BCUT2D eigenvalue weighted by atomic mass is 19.1. The molecule has 0 bridgehead atoms. The summed E-state index contributed by atoms with van der Waals surface area (Å²) in [6.45, 7) is 6.36. The minimum absolute atomic E-state index is 0.0967. The maximum atomic E-state index is 14.1. The summed E-state index contributed by atoms with van der Waals surface area (Å²) in [6.07, 6.45) is 5.02. The van der Waals surface area contributed by atoms with Gasteiger partial charge >= 0.3 is 0 Å². The van der Waals surface area contributed by atoms with E-state index in [-0.39, 0.29) is 5.82 Å². The van der Waals surface area contributed by atoms with Crippen LogP contribution in [-0.4, -0.2) is 61.2 Å². The second-order valence-electron chi connectivity index (χ2n) is 8.60. The Morgan fingerprint density at radius 2 is 1.39 bits per heavy atom. The van der Waals surface area contributed by atoms with Gasteiger partial charge in [0.1, 0.15) is 5.82 Å². The van der Waals surface area contributed by atoms with Crippen LogP contribution in [0.5, 0.6) is 0 Å². The molecule has 0 radical (unpaired) electrons. The average Bonchev–Trinajstić information content (AvgIpc) is 3.19. The minimum atomic E-state index is -0.0967. The SMILES string of the molecule is Fc1ccccc1N1CCN(C2CCCN(C3Cc4ccccc4C3)C2)CC1. The normalized spacial score (nSPS) is 24.5. The molecule has 3 nitrogen and oxygen atoms in total. The number of likely N-dealkylation sites (tertiary alicyclic amines) is 1. The summed E-state index contributed by atoms with van der Waals surface area (Å²) >= 11 is 0. The summed E-state index contributed by atoms with van der Waals surface area (Å²) in [5.74, 6) is -0.0967. The van der Waals surface area contributed by atoms with E-state index in [1.165, 1.54) is 38.8 Å². The highest BCUT2D eigenvalue weighted by Gasteiger charge is 2.33. The number of anilines is 1. The van der Waals surface area contributed by atoms with Crippen molar-refractivity contribution in [2.45, 2.75) is 37.8 Å². The molecule has 28 heavy (non-hydrogen) atoms. The van der Waals surface area contributed by atoms with Crippen molar-refractivity contribution in [1.82, 2.24) is 9.80 Å². The number of halogens is 1. The number of fused-ring (bicyclic) bond motifs is 1. The van der Waals surface area contributed by atoms with Crippen molar-refractivity contribution >= 4 is 5.69 Å². The third kappa shape index (κ3) is 3.56. The Morgan fingerprint density at radius 1 is 0.714 bits per heavy atom. The molecule has 1 aliphatic carbocycles. The number of hydrogen-bond donors (Lipinski definition) is 0. The topological polar surface area (TPSA) is 9.72 Å². The van der Waals surface area contributed by atoms with Gasteiger partial charge in [0, 0.05) is 44.8 Å². The van der Waals surface area contributed by atoms with Crippen LogP contribution in [-0.2, 0) is 12.8 Å². The number of hydrogen-bond acceptors (Lipinski definition) is 3. The van der Waals surface area contributed by atoms with E-state index in [4.69, 9.17) is 0 Å². The second-order valence-corrected chi connectivity index (χ2v) is 8.60. The number of rotatable bonds is 3. The Kier molecular flexibility index (Phi) is 5.08. The van der Waals surface area contributed by atoms with E-state index in [2.05, 4.69) is 39.0 Å². The lowest BCUT2D eigenvalue weighted by Crippen LogP contribution is -2.56. The average molecular weight is 380 g/mol. The molecule has 0 saturated carbocycles. The molecule has 1 unspecified atom stereocenters. The summed E-state index contributed by atoms with van der Waals surface area (Å²) in [5, 5.41) is 0. The molecule has 5 rings (SSSR count). The number of nitrogens with zero attached hydrogens (tertiary/aromatic N) is 3. The van der Waals surface area contributed by atoms with E-state index in [0.29, 0.717) is 12.1 Å². The van der Waals surface area contributed by atoms with E-state index in [0.717, 1.165) is 31.9 Å². The molecule has 0 aromatic heterocycles. The fraction of sp³-hybridized carbons (Fsp3) is 0.500. The summed E-state index contributed by atoms with van der Waals surface area (Å²) < 4.78 is 14.1. The zero-order valence-corrected chi connectivity index (χ0v) is 16.6. The molecule has 2 aromatic carbocycles. The molecule has 0 amide bonds. The van der Waals surface area contributed by atoms with E-state index in [1.807, 2.05) is 12.1 Å². The molecule has 2 aliphatic heterocycles. The number of piperidine rings is 1. The van der Waals surface area contributed by atoms with Gasteiger partial charge in [-0.3, -0.25) is 9.80 Å². The van der Waals surface area contributed by atoms with Gasteiger partial charge in [-0.15, -0.1) is 0 Å². The zero-order valence-electron chi connectivity index (χ0n) is 16.6. The van der Waals surface area contributed by atoms with Gasteiger partial charge in [0.15, 0.2) is 0 Å². The number of para-hydroxylation sites is 1. The summed E-state index contributed by atoms with van der Waals surface area (Å²) in [6, 6.07) is 17.5. The van der Waals surface area contributed by atoms with Gasteiger partial charge in [-0.05, 0) is 55.5 Å². The lowest BCUT2D eigenvalue weighted by Gasteiger charge is -2.45. The van der Waals surface area contributed by atoms with Gasteiger partial charge in [0.25, 0.3) is 0 Å². The van der Waals surface area contributed by atoms with Crippen LogP contribution in [0.2, 0.25) is 0 Å². The lowest BCUT2D eigenvalue weighted by atomic mass is 10.00. The molecule has 3 aliphatic rings. The molecule has 2 saturated heterocycles. The molecule has 2 fully saturated rings. The van der Waals surface area contributed by atoms with Crippen LogP contribution in [0.3, 0.4) is 0 Å². The predicted octanol–water partition coefficient (Wildman–Crippen LogP) is 3.58. The zero-order chi connectivity index (χ0) is 18.9. The molecule has 0 N–H and O–H groups in total. The summed E-state index contributed by atoms with van der Waals surface area (Å²) in [7, 11) is 0. The fourth-order valence-corrected chi connectivity index (χ4v) is 5.44. The maximum absolute atomic E-state index is 14.1. The molecule has 148 valence electrons. The van der Waals surface area contributed by atoms with Crippen LogP contribution in [0.1, 0.15) is 24.0 Å². The molecule has 0 spiro atoms. The van der Waals surface area contributed by atoms with Gasteiger partial charge in [0.2, 0.25) is 0 Å². The van der Waals surface area contributed by atoms with Gasteiger partial charge in [-0.25, -0.2) is 4.39 Å². The van der Waals surface area contributed by atoms with Crippen molar-refractivity contribution in [2.24, 2.45) is 0 Å². The Morgan fingerprint density at radius 3 is 2.11 bits per heavy atom. The first-order valence-corrected chi connectivity index (χ1v) is 10.8. The molecule has 1 atom stereocenters. The predicted molar refractivity (Wildman–Crippen MR) is 112 cm³/mol. The van der Waals surface area contributed by atoms with E-state index in [1.54, 1.807) is 23.3 Å².